The Hall–Kier alpha value is -0.560. The van der Waals surface area contributed by atoms with E-state index in [2.05, 4.69) is 45.1 Å². The lowest BCUT2D eigenvalue weighted by Crippen LogP contribution is -2.25. The molecule has 0 aromatic carbocycles. The summed E-state index contributed by atoms with van der Waals surface area (Å²) in [5.74, 6) is 0. The molecule has 0 bridgehead atoms. The molecule has 0 aliphatic heterocycles. The van der Waals surface area contributed by atoms with Gasteiger partial charge in [-0.25, -0.2) is 0 Å². The highest BCUT2D eigenvalue weighted by Crippen LogP contribution is 2.28. The molecule has 1 aliphatic rings. The summed E-state index contributed by atoms with van der Waals surface area (Å²) in [6.07, 6.45) is 8.56. The average Bonchev–Trinajstić information content (AvgIpc) is 1.97. The lowest BCUT2D eigenvalue weighted by atomic mass is 9.84. The van der Waals surface area contributed by atoms with Crippen LogP contribution in [0.15, 0.2) is 24.3 Å². The van der Waals surface area contributed by atoms with Crippen molar-refractivity contribution in [3.05, 3.63) is 24.3 Å². The minimum absolute atomic E-state index is 0.185. The Kier molecular flexibility index (Phi) is 1.93. The second-order valence-corrected chi connectivity index (χ2v) is 3.88. The van der Waals surface area contributed by atoms with Gasteiger partial charge in [0.25, 0.3) is 0 Å². The first-order chi connectivity index (χ1) is 4.97. The summed E-state index contributed by atoms with van der Waals surface area (Å²) in [6.45, 7) is 6.40. The molecule has 1 aliphatic carbocycles. The fraction of sp³-hybridized carbons (Fsp3) is 0.600. The molecule has 0 saturated carbocycles. The van der Waals surface area contributed by atoms with E-state index >= 15 is 0 Å². The van der Waals surface area contributed by atoms with E-state index < -0.39 is 0 Å². The highest BCUT2D eigenvalue weighted by Gasteiger charge is 2.23. The molecular formula is C10H16O. The van der Waals surface area contributed by atoms with Gasteiger partial charge >= 0.3 is 0 Å². The van der Waals surface area contributed by atoms with Gasteiger partial charge in [0.2, 0.25) is 0 Å². The van der Waals surface area contributed by atoms with Gasteiger partial charge in [-0.05, 0) is 6.92 Å². The molecule has 0 atom stereocenters. The molecule has 0 spiro atoms. The molecule has 0 amide bonds. The van der Waals surface area contributed by atoms with Crippen molar-refractivity contribution < 1.29 is 4.74 Å². The molecule has 0 unspecified atom stereocenters. The third-order valence-corrected chi connectivity index (χ3v) is 2.13. The van der Waals surface area contributed by atoms with Crippen molar-refractivity contribution in [1.29, 1.82) is 0 Å². The molecule has 0 radical (unpaired) electrons. The predicted molar refractivity (Wildman–Crippen MR) is 47.5 cm³/mol. The van der Waals surface area contributed by atoms with Crippen LogP contribution in [0.3, 0.4) is 0 Å². The topological polar surface area (TPSA) is 9.23 Å². The van der Waals surface area contributed by atoms with Gasteiger partial charge in [0.15, 0.2) is 0 Å². The maximum Gasteiger partial charge on any atom is 0.101 e. The highest BCUT2D eigenvalue weighted by atomic mass is 16.5. The van der Waals surface area contributed by atoms with Gasteiger partial charge in [-0.1, -0.05) is 38.2 Å². The molecule has 0 aromatic heterocycles. The summed E-state index contributed by atoms with van der Waals surface area (Å²) in [5, 5.41) is 0. The molecule has 0 saturated heterocycles. The second-order valence-electron chi connectivity index (χ2n) is 3.88. The maximum atomic E-state index is 5.30. The van der Waals surface area contributed by atoms with Crippen LogP contribution in [0.2, 0.25) is 0 Å². The molecule has 0 aromatic rings. The van der Waals surface area contributed by atoms with Crippen molar-refractivity contribution in [3.63, 3.8) is 0 Å². The van der Waals surface area contributed by atoms with E-state index in [0.29, 0.717) is 0 Å². The smallest absolute Gasteiger partial charge is 0.101 e. The van der Waals surface area contributed by atoms with Crippen LogP contribution >= 0.6 is 0 Å². The van der Waals surface area contributed by atoms with Crippen molar-refractivity contribution in [2.75, 3.05) is 7.11 Å². The number of methoxy groups -OCH3 is 1. The summed E-state index contributed by atoms with van der Waals surface area (Å²) in [5.41, 5.74) is 0.00750. The Bertz CT molecular complexity index is 183. The number of hydrogen-bond donors (Lipinski definition) is 0. The maximum absolute atomic E-state index is 5.30. The molecule has 11 heavy (non-hydrogen) atoms. The largest absolute Gasteiger partial charge is 0.370 e. The predicted octanol–water partition coefficient (Wildman–Crippen LogP) is 2.54. The van der Waals surface area contributed by atoms with Crippen LogP contribution in [0.25, 0.3) is 0 Å². The average molecular weight is 152 g/mol. The number of allylic oxidation sites excluding steroid dienone is 2. The summed E-state index contributed by atoms with van der Waals surface area (Å²) in [7, 11) is 1.73. The Morgan fingerprint density at radius 2 is 1.36 bits per heavy atom. The number of hydrogen-bond acceptors (Lipinski definition) is 1. The van der Waals surface area contributed by atoms with Crippen LogP contribution in [-0.2, 0) is 4.74 Å². The summed E-state index contributed by atoms with van der Waals surface area (Å²) < 4.78 is 5.30. The fourth-order valence-corrected chi connectivity index (χ4v) is 1.01. The van der Waals surface area contributed by atoms with Crippen molar-refractivity contribution in [2.24, 2.45) is 5.41 Å². The molecule has 0 fully saturated rings. The van der Waals surface area contributed by atoms with E-state index in [-0.39, 0.29) is 11.0 Å². The van der Waals surface area contributed by atoms with E-state index in [1.165, 1.54) is 0 Å². The molecular weight excluding hydrogens is 136 g/mol. The van der Waals surface area contributed by atoms with Gasteiger partial charge < -0.3 is 4.74 Å². The van der Waals surface area contributed by atoms with Crippen LogP contribution in [0.1, 0.15) is 20.8 Å². The first-order valence-electron chi connectivity index (χ1n) is 3.93. The van der Waals surface area contributed by atoms with E-state index in [0.717, 1.165) is 0 Å². The van der Waals surface area contributed by atoms with Crippen LogP contribution in [0.5, 0.6) is 0 Å². The number of ether oxygens (including phenoxy) is 1. The normalized spacial score (nSPS) is 25.5. The Morgan fingerprint density at radius 1 is 0.909 bits per heavy atom. The van der Waals surface area contributed by atoms with Crippen molar-refractivity contribution >= 4 is 0 Å². The van der Waals surface area contributed by atoms with Crippen LogP contribution in [0, 0.1) is 5.41 Å². The van der Waals surface area contributed by atoms with Gasteiger partial charge in [-0.15, -0.1) is 0 Å². The lowest BCUT2D eigenvalue weighted by molar-refractivity contribution is 0.0873. The third-order valence-electron chi connectivity index (χ3n) is 2.13. The SMILES string of the molecule is COC1(C)C=CC(C)(C)C=C1. The quantitative estimate of drug-likeness (QED) is 0.525. The summed E-state index contributed by atoms with van der Waals surface area (Å²) in [6, 6.07) is 0. The molecule has 62 valence electrons. The van der Waals surface area contributed by atoms with Crippen LogP contribution in [-0.4, -0.2) is 12.7 Å². The van der Waals surface area contributed by atoms with E-state index in [4.69, 9.17) is 4.74 Å². The summed E-state index contributed by atoms with van der Waals surface area (Å²) >= 11 is 0. The van der Waals surface area contributed by atoms with Crippen molar-refractivity contribution in [1.82, 2.24) is 0 Å². The molecule has 0 heterocycles. The zero-order valence-electron chi connectivity index (χ0n) is 7.72. The zero-order chi connectivity index (χ0) is 8.54. The minimum Gasteiger partial charge on any atom is -0.370 e. The van der Waals surface area contributed by atoms with Gasteiger partial charge in [0, 0.05) is 12.5 Å². The fourth-order valence-electron chi connectivity index (χ4n) is 1.01. The highest BCUT2D eigenvalue weighted by molar-refractivity contribution is 5.24. The van der Waals surface area contributed by atoms with Gasteiger partial charge in [0.05, 0.1) is 0 Å². The molecule has 0 N–H and O–H groups in total. The van der Waals surface area contributed by atoms with Gasteiger partial charge in [-0.2, -0.15) is 0 Å². The van der Waals surface area contributed by atoms with Crippen molar-refractivity contribution in [3.8, 4) is 0 Å². The van der Waals surface area contributed by atoms with E-state index in [9.17, 15) is 0 Å². The Labute approximate surface area is 68.8 Å². The lowest BCUT2D eigenvalue weighted by Gasteiger charge is -2.28. The first kappa shape index (κ1) is 8.54. The van der Waals surface area contributed by atoms with Gasteiger partial charge in [0.1, 0.15) is 5.60 Å². The third kappa shape index (κ3) is 1.93. The summed E-state index contributed by atoms with van der Waals surface area (Å²) in [4.78, 5) is 0. The van der Waals surface area contributed by atoms with E-state index in [1.54, 1.807) is 7.11 Å². The number of rotatable bonds is 1. The monoisotopic (exact) mass is 152 g/mol. The van der Waals surface area contributed by atoms with Crippen LogP contribution in [0.4, 0.5) is 0 Å². The second kappa shape index (κ2) is 2.49. The molecule has 1 heteroatoms. The zero-order valence-corrected chi connectivity index (χ0v) is 7.72. The molecule has 1 rings (SSSR count). The van der Waals surface area contributed by atoms with Gasteiger partial charge in [-0.3, -0.25) is 0 Å². The van der Waals surface area contributed by atoms with E-state index in [1.807, 2.05) is 0 Å². The molecule has 1 nitrogen and oxygen atoms in total. The first-order valence-corrected chi connectivity index (χ1v) is 3.93. The standard InChI is InChI=1S/C10H16O/c1-9(2)5-7-10(3,11-4)8-6-9/h5-8H,1-4H3. The van der Waals surface area contributed by atoms with Crippen LogP contribution < -0.4 is 0 Å². The Morgan fingerprint density at radius 3 is 1.73 bits per heavy atom. The Balaban J connectivity index is 2.79. The van der Waals surface area contributed by atoms with Crippen molar-refractivity contribution in [2.45, 2.75) is 26.4 Å². The minimum atomic E-state index is -0.185.